The molecule has 0 radical (unpaired) electrons. The van der Waals surface area contributed by atoms with Crippen LogP contribution in [0.5, 0.6) is 11.5 Å². The van der Waals surface area contributed by atoms with Crippen molar-refractivity contribution < 1.29 is 68.6 Å². The fraction of sp³-hybridized carbons (Fsp3) is 0.568. The van der Waals surface area contributed by atoms with E-state index >= 15 is 0 Å². The van der Waals surface area contributed by atoms with Crippen LogP contribution in [-0.2, 0) is 41.5 Å². The number of alkyl carbamates (subject to hydrolysis) is 2. The van der Waals surface area contributed by atoms with Crippen molar-refractivity contribution >= 4 is 41.9 Å². The maximum Gasteiger partial charge on any atom is 0.408 e. The quantitative estimate of drug-likeness (QED) is 0.128. The molecule has 3 rings (SSSR count). The van der Waals surface area contributed by atoms with Crippen molar-refractivity contribution in [2.45, 2.75) is 135 Å². The van der Waals surface area contributed by atoms with Gasteiger partial charge in [0, 0.05) is 31.5 Å². The number of phenols is 2. The Balaban J connectivity index is 2.04. The standard InChI is InChI=1S/C44H65N7O14/c1-42(2,3)51(41(62)63)22-28(53)21-46-35(56)32(23-52)49-37(58)30-19-26-17-24(12-14-33(26)54)25-13-15-34(55)27(18-25)20-31(50-40(61)65-44(7,8)9)38(59)47-29(36(57)48-30)11-10-16-45-39(60)64-43(4,5)6/h12-15,17-18,28-32,52-55H,10-11,16,19-23H2,1-9H3,(H,45,60)(H,46,56)(H,47,59)(H,48,57)(H,49,58)(H,50,61)(H,62,63)/t28?,29-,30-,31-,32-/m0/s1. The molecule has 1 aliphatic heterocycles. The molecule has 0 saturated heterocycles. The topological polar surface area (TPSA) is 315 Å². The summed E-state index contributed by atoms with van der Waals surface area (Å²) in [5.74, 6) is -4.29. The lowest BCUT2D eigenvalue weighted by molar-refractivity contribution is -0.134. The second kappa shape index (κ2) is 22.5. The van der Waals surface area contributed by atoms with Gasteiger partial charge >= 0.3 is 18.3 Å². The molecule has 0 aromatic heterocycles. The first-order valence-electron chi connectivity index (χ1n) is 21.2. The molecule has 7 amide bonds. The Kier molecular flexibility index (Phi) is 18.4. The molecule has 1 heterocycles. The number of aliphatic hydroxyl groups is 2. The lowest BCUT2D eigenvalue weighted by Gasteiger charge is -2.34. The number of nitrogens with one attached hydrogen (secondary N) is 6. The van der Waals surface area contributed by atoms with E-state index in [1.165, 1.54) is 18.2 Å². The van der Waals surface area contributed by atoms with Crippen molar-refractivity contribution in [1.29, 1.82) is 0 Å². The van der Waals surface area contributed by atoms with Crippen LogP contribution >= 0.6 is 0 Å². The molecule has 11 N–H and O–H groups in total. The number of benzene rings is 2. The number of rotatable bonds is 13. The van der Waals surface area contributed by atoms with Gasteiger partial charge in [0.1, 0.15) is 46.9 Å². The molecule has 0 saturated carbocycles. The van der Waals surface area contributed by atoms with Crippen molar-refractivity contribution in [2.24, 2.45) is 0 Å². The van der Waals surface area contributed by atoms with Crippen LogP contribution in [0.2, 0.25) is 0 Å². The summed E-state index contributed by atoms with van der Waals surface area (Å²) in [6, 6.07) is 2.83. The van der Waals surface area contributed by atoms with Crippen LogP contribution in [-0.4, -0.2) is 146 Å². The minimum Gasteiger partial charge on any atom is -0.508 e. The Morgan fingerprint density at radius 2 is 1.35 bits per heavy atom. The highest BCUT2D eigenvalue weighted by Gasteiger charge is 2.34. The second-order valence-electron chi connectivity index (χ2n) is 18.7. The third-order valence-electron chi connectivity index (χ3n) is 9.71. The summed E-state index contributed by atoms with van der Waals surface area (Å²) in [6.45, 7) is 12.9. The number of aliphatic hydroxyl groups excluding tert-OH is 2. The molecule has 2 aromatic rings. The molecule has 360 valence electrons. The Hall–Kier alpha value is -6.35. The minimum absolute atomic E-state index is 0.0219. The first kappa shape index (κ1) is 53.0. The smallest absolute Gasteiger partial charge is 0.408 e. The van der Waals surface area contributed by atoms with Gasteiger partial charge in [-0.05, 0) is 122 Å². The normalized spacial score (nSPS) is 17.9. The van der Waals surface area contributed by atoms with E-state index in [1.807, 2.05) is 0 Å². The van der Waals surface area contributed by atoms with Gasteiger partial charge in [-0.15, -0.1) is 0 Å². The molecule has 65 heavy (non-hydrogen) atoms. The number of hydrogen-bond donors (Lipinski definition) is 11. The molecule has 0 fully saturated rings. The van der Waals surface area contributed by atoms with Gasteiger partial charge < -0.3 is 71.8 Å². The van der Waals surface area contributed by atoms with Crippen molar-refractivity contribution in [1.82, 2.24) is 36.8 Å². The Labute approximate surface area is 378 Å². The largest absolute Gasteiger partial charge is 0.508 e. The molecule has 5 atom stereocenters. The van der Waals surface area contributed by atoms with Crippen molar-refractivity contribution in [3.8, 4) is 22.6 Å². The van der Waals surface area contributed by atoms with Gasteiger partial charge in [-0.2, -0.15) is 0 Å². The highest BCUT2D eigenvalue weighted by Crippen LogP contribution is 2.31. The predicted octanol–water partition coefficient (Wildman–Crippen LogP) is 1.76. The SMILES string of the molecule is CC(C)(C)OC(=O)NCCC[C@@H]1NC(=O)[C@@H](NC(=O)OC(C)(C)C)Cc2cc(ccc2O)-c2ccc(O)c(c2)C[C@@H](C(=O)N[C@@H](CO)C(=O)NCC(O)CN(C(=O)O)C(C)(C)C)NC1=O. The maximum atomic E-state index is 14.3. The zero-order valence-corrected chi connectivity index (χ0v) is 38.4. The van der Waals surface area contributed by atoms with E-state index < -0.39 is 108 Å². The number of nitrogens with zero attached hydrogens (tertiary/aromatic N) is 1. The van der Waals surface area contributed by atoms with Crippen molar-refractivity contribution in [3.63, 3.8) is 0 Å². The summed E-state index contributed by atoms with van der Waals surface area (Å²) in [5.41, 5.74) is -1.31. The van der Waals surface area contributed by atoms with Gasteiger partial charge in [0.05, 0.1) is 19.3 Å². The number of carboxylic acid groups (broad SMARTS) is 1. The van der Waals surface area contributed by atoms with Crippen LogP contribution in [0.1, 0.15) is 86.3 Å². The lowest BCUT2D eigenvalue weighted by atomic mass is 9.95. The number of ether oxygens (including phenoxy) is 2. The number of fused-ring (bicyclic) bond motifs is 5. The average molecular weight is 916 g/mol. The number of hydrogen-bond acceptors (Lipinski definition) is 13. The van der Waals surface area contributed by atoms with E-state index in [2.05, 4.69) is 31.9 Å². The summed E-state index contributed by atoms with van der Waals surface area (Å²) in [6.07, 6.45) is -5.16. The molecule has 0 aliphatic carbocycles. The van der Waals surface area contributed by atoms with E-state index in [4.69, 9.17) is 9.47 Å². The van der Waals surface area contributed by atoms with Crippen LogP contribution in [0.25, 0.3) is 11.1 Å². The molecule has 1 aliphatic rings. The zero-order chi connectivity index (χ0) is 49.0. The van der Waals surface area contributed by atoms with Gasteiger partial charge in [-0.1, -0.05) is 12.1 Å². The average Bonchev–Trinajstić information content (AvgIpc) is 3.17. The predicted molar refractivity (Wildman–Crippen MR) is 236 cm³/mol. The third kappa shape index (κ3) is 17.3. The molecular formula is C44H65N7O14. The van der Waals surface area contributed by atoms with E-state index in [0.717, 1.165) is 4.90 Å². The summed E-state index contributed by atoms with van der Waals surface area (Å²) >= 11 is 0. The molecule has 21 nitrogen and oxygen atoms in total. The molecule has 2 aromatic carbocycles. The van der Waals surface area contributed by atoms with Crippen LogP contribution < -0.4 is 31.9 Å². The lowest BCUT2D eigenvalue weighted by Crippen LogP contribution is -2.59. The van der Waals surface area contributed by atoms with Crippen LogP contribution in [0.3, 0.4) is 0 Å². The summed E-state index contributed by atoms with van der Waals surface area (Å²) < 4.78 is 10.7. The minimum atomic E-state index is -1.65. The molecule has 1 unspecified atom stereocenters. The first-order chi connectivity index (χ1) is 30.1. The van der Waals surface area contributed by atoms with Gasteiger partial charge in [-0.3, -0.25) is 19.2 Å². The Bertz CT molecular complexity index is 2040. The fourth-order valence-corrected chi connectivity index (χ4v) is 6.51. The third-order valence-corrected chi connectivity index (χ3v) is 9.71. The van der Waals surface area contributed by atoms with Gasteiger partial charge in [0.15, 0.2) is 0 Å². The van der Waals surface area contributed by atoms with E-state index in [1.54, 1.807) is 80.5 Å². The monoisotopic (exact) mass is 915 g/mol. The van der Waals surface area contributed by atoms with Crippen LogP contribution in [0, 0.1) is 0 Å². The van der Waals surface area contributed by atoms with E-state index in [9.17, 15) is 59.1 Å². The van der Waals surface area contributed by atoms with Gasteiger partial charge in [0.2, 0.25) is 23.6 Å². The number of phenolic OH excluding ortho intramolecular Hbond substituents is 2. The van der Waals surface area contributed by atoms with Crippen LogP contribution in [0.15, 0.2) is 36.4 Å². The van der Waals surface area contributed by atoms with Crippen LogP contribution in [0.4, 0.5) is 14.4 Å². The summed E-state index contributed by atoms with van der Waals surface area (Å²) in [4.78, 5) is 94.0. The highest BCUT2D eigenvalue weighted by atomic mass is 16.6. The summed E-state index contributed by atoms with van der Waals surface area (Å²) in [5, 5.41) is 67.4. The Morgan fingerprint density at radius 3 is 1.88 bits per heavy atom. The summed E-state index contributed by atoms with van der Waals surface area (Å²) in [7, 11) is 0. The fourth-order valence-electron chi connectivity index (χ4n) is 6.51. The van der Waals surface area contributed by atoms with Crippen molar-refractivity contribution in [2.75, 3.05) is 26.2 Å². The zero-order valence-electron chi connectivity index (χ0n) is 38.4. The number of β-amino-alcohol motifs (C(OH)–C–C–N with tert-alkyl or cyclic N) is 1. The Morgan fingerprint density at radius 1 is 0.800 bits per heavy atom. The van der Waals surface area contributed by atoms with E-state index in [-0.39, 0.29) is 55.0 Å². The number of carbonyl (C=O) groups excluding carboxylic acids is 6. The number of amides is 7. The van der Waals surface area contributed by atoms with Gasteiger partial charge in [0.25, 0.3) is 0 Å². The number of aromatic hydroxyl groups is 2. The first-order valence-corrected chi connectivity index (χ1v) is 21.2. The molecular weight excluding hydrogens is 851 g/mol. The highest BCUT2D eigenvalue weighted by molar-refractivity contribution is 5.95. The van der Waals surface area contributed by atoms with E-state index in [0.29, 0.717) is 11.1 Å². The van der Waals surface area contributed by atoms with Gasteiger partial charge in [-0.25, -0.2) is 14.4 Å². The molecule has 0 spiro atoms. The molecule has 21 heteroatoms. The molecule has 4 bridgehead atoms. The van der Waals surface area contributed by atoms with Crippen molar-refractivity contribution in [3.05, 3.63) is 47.5 Å². The maximum absolute atomic E-state index is 14.3. The second-order valence-corrected chi connectivity index (χ2v) is 18.7. The number of carbonyl (C=O) groups is 7.